The molecule has 0 bridgehead atoms. The molecule has 1 aliphatic rings. The van der Waals surface area contributed by atoms with Gasteiger partial charge in [-0.2, -0.15) is 0 Å². The number of hydrogen-bond acceptors (Lipinski definition) is 1. The predicted molar refractivity (Wildman–Crippen MR) is 88.2 cm³/mol. The van der Waals surface area contributed by atoms with Crippen molar-refractivity contribution in [1.29, 1.82) is 0 Å². The average Bonchev–Trinajstić information content (AvgIpc) is 2.41. The summed E-state index contributed by atoms with van der Waals surface area (Å²) in [6, 6.07) is 7.96. The third-order valence-corrected chi connectivity index (χ3v) is 4.93. The zero-order chi connectivity index (χ0) is 13.7. The van der Waals surface area contributed by atoms with Crippen molar-refractivity contribution in [2.75, 3.05) is 5.75 Å². The Kier molecular flexibility index (Phi) is 5.87. The molecule has 0 amide bonds. The molecule has 0 radical (unpaired) electrons. The summed E-state index contributed by atoms with van der Waals surface area (Å²) in [5.41, 5.74) is 1.17. The van der Waals surface area contributed by atoms with E-state index in [1.54, 1.807) is 0 Å². The Bertz CT molecular complexity index is 491. The highest BCUT2D eigenvalue weighted by atomic mass is 35.5. The average molecular weight is 313 g/mol. The molecular formula is C16H18Cl2S. The van der Waals surface area contributed by atoms with Crippen LogP contribution >= 0.6 is 35.0 Å². The third-order valence-electron chi connectivity index (χ3n) is 3.14. The molecular weight excluding hydrogens is 295 g/mol. The molecule has 2 rings (SSSR count). The summed E-state index contributed by atoms with van der Waals surface area (Å²) in [5.74, 6) is 1.36. The maximum Gasteiger partial charge on any atom is 0.0409 e. The van der Waals surface area contributed by atoms with Crippen molar-refractivity contribution in [2.45, 2.75) is 32.1 Å². The molecule has 0 aromatic heterocycles. The zero-order valence-corrected chi connectivity index (χ0v) is 13.4. The van der Waals surface area contributed by atoms with E-state index in [1.807, 2.05) is 30.0 Å². The van der Waals surface area contributed by atoms with Crippen LogP contribution < -0.4 is 0 Å². The molecule has 3 heteroatoms. The lowest BCUT2D eigenvalue weighted by atomic mass is 9.94. The molecule has 1 atom stereocenters. The van der Waals surface area contributed by atoms with Crippen LogP contribution in [0.1, 0.15) is 37.7 Å². The molecule has 0 spiro atoms. The van der Waals surface area contributed by atoms with Crippen LogP contribution in [0.2, 0.25) is 5.02 Å². The van der Waals surface area contributed by atoms with E-state index < -0.39 is 0 Å². The van der Waals surface area contributed by atoms with Gasteiger partial charge in [-0.1, -0.05) is 60.8 Å². The Morgan fingerprint density at radius 2 is 2.16 bits per heavy atom. The minimum Gasteiger partial charge on any atom is -0.131 e. The van der Waals surface area contributed by atoms with Gasteiger partial charge in [0.25, 0.3) is 0 Å². The monoisotopic (exact) mass is 312 g/mol. The van der Waals surface area contributed by atoms with Gasteiger partial charge in [0.1, 0.15) is 0 Å². The molecule has 0 saturated heterocycles. The topological polar surface area (TPSA) is 0 Å². The Hall–Kier alpha value is -0.370. The Morgan fingerprint density at radius 3 is 2.89 bits per heavy atom. The summed E-state index contributed by atoms with van der Waals surface area (Å²) < 4.78 is 0. The van der Waals surface area contributed by atoms with Gasteiger partial charge in [0.15, 0.2) is 0 Å². The van der Waals surface area contributed by atoms with Gasteiger partial charge in [-0.25, -0.2) is 0 Å². The van der Waals surface area contributed by atoms with Crippen molar-refractivity contribution in [2.24, 2.45) is 0 Å². The second kappa shape index (κ2) is 7.42. The summed E-state index contributed by atoms with van der Waals surface area (Å²) in [4.78, 5) is 1.42. The Morgan fingerprint density at radius 1 is 1.32 bits per heavy atom. The van der Waals surface area contributed by atoms with E-state index in [9.17, 15) is 0 Å². The first-order valence-corrected chi connectivity index (χ1v) is 8.39. The smallest absolute Gasteiger partial charge is 0.0409 e. The number of halogens is 2. The molecule has 1 aromatic rings. The van der Waals surface area contributed by atoms with E-state index in [4.69, 9.17) is 23.2 Å². The van der Waals surface area contributed by atoms with E-state index in [1.165, 1.54) is 29.1 Å². The highest BCUT2D eigenvalue weighted by Crippen LogP contribution is 2.38. The van der Waals surface area contributed by atoms with Gasteiger partial charge in [-0.3, -0.25) is 0 Å². The zero-order valence-electron chi connectivity index (χ0n) is 11.0. The molecule has 1 unspecified atom stereocenters. The first-order valence-electron chi connectivity index (χ1n) is 6.65. The van der Waals surface area contributed by atoms with Crippen LogP contribution in [-0.2, 0) is 0 Å². The molecule has 0 saturated carbocycles. The molecule has 0 heterocycles. The van der Waals surface area contributed by atoms with Gasteiger partial charge in [-0.05, 0) is 41.2 Å². The van der Waals surface area contributed by atoms with Crippen LogP contribution in [0.5, 0.6) is 0 Å². The molecule has 0 N–H and O–H groups in total. The fourth-order valence-corrected chi connectivity index (χ4v) is 3.66. The predicted octanol–water partition coefficient (Wildman–Crippen LogP) is 6.37. The Balaban J connectivity index is 2.13. The van der Waals surface area contributed by atoms with Gasteiger partial charge in [0, 0.05) is 16.0 Å². The van der Waals surface area contributed by atoms with E-state index in [-0.39, 0.29) is 5.92 Å². The van der Waals surface area contributed by atoms with Crippen molar-refractivity contribution < 1.29 is 0 Å². The quantitative estimate of drug-likeness (QED) is 0.569. The van der Waals surface area contributed by atoms with Gasteiger partial charge in [-0.15, -0.1) is 11.8 Å². The number of unbranched alkanes of at least 4 members (excludes halogenated alkanes) is 1. The van der Waals surface area contributed by atoms with Crippen molar-refractivity contribution in [1.82, 2.24) is 0 Å². The number of hydrogen-bond donors (Lipinski definition) is 0. The lowest BCUT2D eigenvalue weighted by molar-refractivity contribution is 0.896. The van der Waals surface area contributed by atoms with Crippen LogP contribution in [0.3, 0.4) is 0 Å². The van der Waals surface area contributed by atoms with Crippen LogP contribution in [0.15, 0.2) is 46.4 Å². The van der Waals surface area contributed by atoms with Gasteiger partial charge in [0.2, 0.25) is 0 Å². The van der Waals surface area contributed by atoms with E-state index in [0.717, 1.165) is 16.5 Å². The minimum atomic E-state index is 0.165. The van der Waals surface area contributed by atoms with Gasteiger partial charge in [0.05, 0.1) is 0 Å². The highest BCUT2D eigenvalue weighted by Gasteiger charge is 2.18. The van der Waals surface area contributed by atoms with Crippen molar-refractivity contribution in [3.63, 3.8) is 0 Å². The normalized spacial score (nSPS) is 19.0. The second-order valence-corrected chi connectivity index (χ2v) is 6.75. The van der Waals surface area contributed by atoms with E-state index in [0.29, 0.717) is 0 Å². The molecule has 0 nitrogen and oxygen atoms in total. The molecule has 19 heavy (non-hydrogen) atoms. The van der Waals surface area contributed by atoms with E-state index in [2.05, 4.69) is 25.1 Å². The summed E-state index contributed by atoms with van der Waals surface area (Å²) in [7, 11) is 0. The Labute approximate surface area is 129 Å². The van der Waals surface area contributed by atoms with Crippen LogP contribution in [-0.4, -0.2) is 5.75 Å². The molecule has 102 valence electrons. The molecule has 1 aromatic carbocycles. The first kappa shape index (κ1) is 15.0. The summed E-state index contributed by atoms with van der Waals surface area (Å²) in [6.07, 6.45) is 7.88. The molecule has 0 fully saturated rings. The third kappa shape index (κ3) is 4.30. The van der Waals surface area contributed by atoms with Crippen LogP contribution in [0, 0.1) is 0 Å². The fraction of sp³-hybridized carbons (Fsp3) is 0.375. The number of thioether (sulfide) groups is 1. The number of allylic oxidation sites excluding steroid dienone is 4. The highest BCUT2D eigenvalue weighted by molar-refractivity contribution is 8.03. The summed E-state index contributed by atoms with van der Waals surface area (Å²) in [5, 5.41) is 1.67. The second-order valence-electron chi connectivity index (χ2n) is 4.66. The van der Waals surface area contributed by atoms with Crippen molar-refractivity contribution in [3.05, 3.63) is 56.9 Å². The number of benzene rings is 1. The SMILES string of the molecule is CCCCSC1=CC(c2cccc(Cl)c2)C(Cl)=CC1. The largest absolute Gasteiger partial charge is 0.131 e. The molecule has 0 aliphatic heterocycles. The van der Waals surface area contributed by atoms with Crippen LogP contribution in [0.25, 0.3) is 0 Å². The molecule has 1 aliphatic carbocycles. The first-order chi connectivity index (χ1) is 9.20. The lowest BCUT2D eigenvalue weighted by Gasteiger charge is -2.20. The summed E-state index contributed by atoms with van der Waals surface area (Å²) in [6.45, 7) is 2.22. The maximum absolute atomic E-state index is 6.36. The van der Waals surface area contributed by atoms with E-state index >= 15 is 0 Å². The van der Waals surface area contributed by atoms with Crippen molar-refractivity contribution in [3.8, 4) is 0 Å². The maximum atomic E-state index is 6.36. The van der Waals surface area contributed by atoms with Gasteiger partial charge < -0.3 is 0 Å². The van der Waals surface area contributed by atoms with Crippen LogP contribution in [0.4, 0.5) is 0 Å². The standard InChI is InChI=1S/C16H18Cl2S/c1-2-3-9-19-14-7-8-16(18)15(11-14)12-5-4-6-13(17)10-12/h4-6,8,10-11,15H,2-3,7,9H2,1H3. The van der Waals surface area contributed by atoms with Crippen molar-refractivity contribution >= 4 is 35.0 Å². The van der Waals surface area contributed by atoms with Gasteiger partial charge >= 0.3 is 0 Å². The minimum absolute atomic E-state index is 0.165. The lowest BCUT2D eigenvalue weighted by Crippen LogP contribution is -2.01. The number of rotatable bonds is 5. The fourth-order valence-electron chi connectivity index (χ4n) is 2.07. The summed E-state index contributed by atoms with van der Waals surface area (Å²) >= 11 is 14.4.